The van der Waals surface area contributed by atoms with Gasteiger partial charge in [0, 0.05) is 38.7 Å². The maximum Gasteiger partial charge on any atom is 0.312 e. The highest BCUT2D eigenvalue weighted by Gasteiger charge is 2.28. The maximum absolute atomic E-state index is 12.2. The van der Waals surface area contributed by atoms with Crippen LogP contribution in [0.25, 0.3) is 0 Å². The minimum atomic E-state index is -0.260. The number of hydrogen-bond acceptors (Lipinski definition) is 7. The Bertz CT molecular complexity index is 1190. The summed E-state index contributed by atoms with van der Waals surface area (Å²) in [6.07, 6.45) is 3.57. The number of fused-ring (bicyclic) bond motifs is 1. The van der Waals surface area contributed by atoms with Crippen LogP contribution in [0.2, 0.25) is 10.0 Å². The van der Waals surface area contributed by atoms with E-state index >= 15 is 0 Å². The minimum absolute atomic E-state index is 0.118. The van der Waals surface area contributed by atoms with Crippen LogP contribution in [0, 0.1) is 11.3 Å². The number of aliphatic imine (C=N–C) groups is 1. The van der Waals surface area contributed by atoms with Crippen LogP contribution in [0.3, 0.4) is 0 Å². The summed E-state index contributed by atoms with van der Waals surface area (Å²) in [5.41, 5.74) is 2.88. The third-order valence-electron chi connectivity index (χ3n) is 7.77. The summed E-state index contributed by atoms with van der Waals surface area (Å²) in [6, 6.07) is 11.9. The number of halogens is 2. The molecule has 0 spiro atoms. The van der Waals surface area contributed by atoms with E-state index < -0.39 is 0 Å². The first kappa shape index (κ1) is 30.5. The lowest BCUT2D eigenvalue weighted by molar-refractivity contribution is -0.158. The average molecular weight is 591 g/mol. The molecule has 0 bridgehead atoms. The molecule has 2 aromatic carbocycles. The van der Waals surface area contributed by atoms with E-state index in [1.54, 1.807) is 0 Å². The molecule has 9 heteroatoms. The molecular weight excluding hydrogens is 549 g/mol. The number of carbonyl (C=O) groups is 1. The number of ether oxygens (including phenoxy) is 3. The number of rotatable bonds is 10. The van der Waals surface area contributed by atoms with Gasteiger partial charge in [-0.2, -0.15) is 0 Å². The van der Waals surface area contributed by atoms with Gasteiger partial charge in [-0.25, -0.2) is 4.99 Å². The van der Waals surface area contributed by atoms with Crippen LogP contribution < -0.4 is 9.64 Å². The molecule has 0 aliphatic carbocycles. The summed E-state index contributed by atoms with van der Waals surface area (Å²) in [4.78, 5) is 21.7. The number of benzene rings is 2. The van der Waals surface area contributed by atoms with Crippen LogP contribution in [0.4, 0.5) is 11.4 Å². The lowest BCUT2D eigenvalue weighted by atomic mass is 9.82. The summed E-state index contributed by atoms with van der Waals surface area (Å²) >= 11 is 12.6. The van der Waals surface area contributed by atoms with Crippen molar-refractivity contribution in [2.75, 3.05) is 51.0 Å². The number of aryl methyl sites for hydroxylation is 1. The molecule has 1 unspecified atom stereocenters. The van der Waals surface area contributed by atoms with Crippen LogP contribution >= 0.6 is 23.2 Å². The summed E-state index contributed by atoms with van der Waals surface area (Å²) < 4.78 is 17.0. The molecule has 2 aliphatic heterocycles. The van der Waals surface area contributed by atoms with Crippen LogP contribution in [0.15, 0.2) is 41.4 Å². The molecule has 4 rings (SSSR count). The Morgan fingerprint density at radius 1 is 1.02 bits per heavy atom. The molecule has 0 N–H and O–H groups in total. The van der Waals surface area contributed by atoms with Gasteiger partial charge >= 0.3 is 5.97 Å². The fourth-order valence-electron chi connectivity index (χ4n) is 4.70. The Kier molecular flexibility index (Phi) is 10.6. The predicted molar refractivity (Wildman–Crippen MR) is 162 cm³/mol. The lowest BCUT2D eigenvalue weighted by Gasteiger charge is -2.36. The molecule has 7 nitrogen and oxygen atoms in total. The molecule has 1 atom stereocenters. The van der Waals surface area contributed by atoms with Gasteiger partial charge in [0.25, 0.3) is 0 Å². The zero-order valence-electron chi connectivity index (χ0n) is 24.1. The molecule has 0 amide bonds. The summed E-state index contributed by atoms with van der Waals surface area (Å²) in [7, 11) is 0. The second kappa shape index (κ2) is 13.9. The van der Waals surface area contributed by atoms with Crippen LogP contribution in [0.1, 0.15) is 52.5 Å². The van der Waals surface area contributed by atoms with Gasteiger partial charge in [-0.3, -0.25) is 9.69 Å². The monoisotopic (exact) mass is 589 g/mol. The normalized spacial score (nSPS) is 16.6. The number of anilines is 1. The molecule has 0 aromatic heterocycles. The number of unbranched alkanes of at least 4 members (excludes halogenated alkanes) is 1. The maximum atomic E-state index is 12.2. The largest absolute Gasteiger partial charge is 0.494 e. The molecule has 1 saturated heterocycles. The molecule has 2 heterocycles. The number of carbonyl (C=O) groups excluding carboxylic acids is 1. The first-order valence-corrected chi connectivity index (χ1v) is 14.9. The van der Waals surface area contributed by atoms with Crippen molar-refractivity contribution in [1.29, 1.82) is 0 Å². The van der Waals surface area contributed by atoms with Crippen molar-refractivity contribution in [2.24, 2.45) is 16.3 Å². The van der Waals surface area contributed by atoms with Crippen molar-refractivity contribution in [3.8, 4) is 5.75 Å². The van der Waals surface area contributed by atoms with E-state index in [2.05, 4.69) is 20.9 Å². The SMILES string of the molecule is CC(C(=O)OCOC1=Nc2cc(OCCCCN3CCN(c4cccc(Cl)c4Cl)CC3)ccc2CC1)C(C)(C)C. The molecule has 218 valence electrons. The van der Waals surface area contributed by atoms with Gasteiger partial charge in [-0.05, 0) is 55.0 Å². The highest BCUT2D eigenvalue weighted by molar-refractivity contribution is 6.43. The van der Waals surface area contributed by atoms with Crippen molar-refractivity contribution in [3.05, 3.63) is 52.0 Å². The van der Waals surface area contributed by atoms with Gasteiger partial charge in [-0.1, -0.05) is 63.0 Å². The first-order valence-electron chi connectivity index (χ1n) is 14.2. The van der Waals surface area contributed by atoms with Gasteiger partial charge < -0.3 is 19.1 Å². The Morgan fingerprint density at radius 3 is 2.55 bits per heavy atom. The fourth-order valence-corrected chi connectivity index (χ4v) is 5.11. The van der Waals surface area contributed by atoms with Crippen LogP contribution in [-0.4, -0.2) is 62.9 Å². The van der Waals surface area contributed by atoms with Gasteiger partial charge in [0.15, 0.2) is 5.90 Å². The Labute approximate surface area is 248 Å². The summed E-state index contributed by atoms with van der Waals surface area (Å²) in [6.45, 7) is 13.4. The van der Waals surface area contributed by atoms with E-state index in [9.17, 15) is 4.79 Å². The number of hydrogen-bond donors (Lipinski definition) is 0. The smallest absolute Gasteiger partial charge is 0.312 e. The van der Waals surface area contributed by atoms with Gasteiger partial charge in [0.2, 0.25) is 6.79 Å². The van der Waals surface area contributed by atoms with E-state index in [0.717, 1.165) is 74.7 Å². The minimum Gasteiger partial charge on any atom is -0.494 e. The van der Waals surface area contributed by atoms with Gasteiger partial charge in [-0.15, -0.1) is 0 Å². The van der Waals surface area contributed by atoms with Gasteiger partial charge in [0.1, 0.15) is 5.75 Å². The molecule has 2 aliphatic rings. The predicted octanol–water partition coefficient (Wildman–Crippen LogP) is 7.15. The highest BCUT2D eigenvalue weighted by atomic mass is 35.5. The second-order valence-corrected chi connectivity index (χ2v) is 12.4. The third-order valence-corrected chi connectivity index (χ3v) is 8.58. The lowest BCUT2D eigenvalue weighted by Crippen LogP contribution is -2.46. The van der Waals surface area contributed by atoms with E-state index in [1.165, 1.54) is 0 Å². The van der Waals surface area contributed by atoms with Crippen molar-refractivity contribution >= 4 is 46.4 Å². The third kappa shape index (κ3) is 8.27. The van der Waals surface area contributed by atoms with E-state index in [-0.39, 0.29) is 24.1 Å². The quantitative estimate of drug-likeness (QED) is 0.166. The van der Waals surface area contributed by atoms with Crippen molar-refractivity contribution < 1.29 is 19.0 Å². The van der Waals surface area contributed by atoms with Crippen LogP contribution in [0.5, 0.6) is 5.75 Å². The second-order valence-electron chi connectivity index (χ2n) is 11.6. The standard InChI is InChI=1S/C31H41Cl2N3O4/c1-22(31(2,3)4)30(37)40-21-39-28-13-11-23-10-12-24(20-26(23)34-28)38-19-6-5-14-35-15-17-36(18-16-35)27-9-7-8-25(32)29(27)33/h7-10,12,20,22H,5-6,11,13-19,21H2,1-4H3. The topological polar surface area (TPSA) is 63.6 Å². The Morgan fingerprint density at radius 2 is 1.80 bits per heavy atom. The highest BCUT2D eigenvalue weighted by Crippen LogP contribution is 2.33. The molecule has 40 heavy (non-hydrogen) atoms. The zero-order valence-corrected chi connectivity index (χ0v) is 25.6. The number of nitrogens with zero attached hydrogens (tertiary/aromatic N) is 3. The first-order chi connectivity index (χ1) is 19.1. The molecular formula is C31H41Cl2N3O4. The zero-order chi connectivity index (χ0) is 28.7. The van der Waals surface area contributed by atoms with E-state index in [0.29, 0.717) is 29.0 Å². The van der Waals surface area contributed by atoms with Crippen LogP contribution in [-0.2, 0) is 20.7 Å². The summed E-state index contributed by atoms with van der Waals surface area (Å²) in [5, 5.41) is 1.24. The van der Waals surface area contributed by atoms with Crippen molar-refractivity contribution in [2.45, 2.75) is 53.4 Å². The van der Waals surface area contributed by atoms with Crippen molar-refractivity contribution in [3.63, 3.8) is 0 Å². The average Bonchev–Trinajstić information content (AvgIpc) is 2.93. The Balaban J connectivity index is 1.15. The molecule has 0 radical (unpaired) electrons. The fraction of sp³-hybridized carbons (Fsp3) is 0.548. The molecule has 0 saturated carbocycles. The van der Waals surface area contributed by atoms with Gasteiger partial charge in [0.05, 0.1) is 33.9 Å². The molecule has 1 fully saturated rings. The van der Waals surface area contributed by atoms with E-state index in [4.69, 9.17) is 37.4 Å². The Hall–Kier alpha value is -2.48. The molecule has 2 aromatic rings. The summed E-state index contributed by atoms with van der Waals surface area (Å²) in [5.74, 6) is 0.916. The van der Waals surface area contributed by atoms with Crippen molar-refractivity contribution in [1.82, 2.24) is 4.90 Å². The number of esters is 1. The van der Waals surface area contributed by atoms with E-state index in [1.807, 2.05) is 58.0 Å². The number of piperazine rings is 1.